The van der Waals surface area contributed by atoms with Crippen LogP contribution in [0.2, 0.25) is 0 Å². The normalized spacial score (nSPS) is 11.2. The third kappa shape index (κ3) is 3.92. The molecular weight excluding hydrogens is 358 g/mol. The molecule has 0 aliphatic rings. The Bertz CT molecular complexity index is 750. The van der Waals surface area contributed by atoms with Crippen molar-refractivity contribution in [3.05, 3.63) is 35.1 Å². The number of rotatable bonds is 5. The topological polar surface area (TPSA) is 81.2 Å². The van der Waals surface area contributed by atoms with E-state index in [1.165, 1.54) is 18.5 Å². The summed E-state index contributed by atoms with van der Waals surface area (Å²) >= 11 is 3.37. The summed E-state index contributed by atoms with van der Waals surface area (Å²) < 4.78 is 29.3. The summed E-state index contributed by atoms with van der Waals surface area (Å²) in [5, 5.41) is 3.06. The van der Waals surface area contributed by atoms with E-state index in [2.05, 4.69) is 31.2 Å². The minimum absolute atomic E-state index is 0.192. The Labute approximate surface area is 131 Å². The second-order valence-corrected chi connectivity index (χ2v) is 7.03. The van der Waals surface area contributed by atoms with Crippen LogP contribution in [0.4, 0.5) is 5.82 Å². The SMILES string of the molecule is CCNc1ncnc(Oc2cccc(S(C)(=O)=O)c2)c1Br. The van der Waals surface area contributed by atoms with Crippen molar-refractivity contribution < 1.29 is 13.2 Å². The van der Waals surface area contributed by atoms with Crippen molar-refractivity contribution >= 4 is 31.6 Å². The number of aromatic nitrogens is 2. The number of nitrogens with one attached hydrogen (secondary N) is 1. The van der Waals surface area contributed by atoms with Gasteiger partial charge in [-0.3, -0.25) is 0 Å². The maximum absolute atomic E-state index is 11.5. The minimum Gasteiger partial charge on any atom is -0.438 e. The van der Waals surface area contributed by atoms with E-state index < -0.39 is 9.84 Å². The zero-order valence-corrected chi connectivity index (χ0v) is 13.9. The van der Waals surface area contributed by atoms with Crippen molar-refractivity contribution in [1.82, 2.24) is 9.97 Å². The summed E-state index contributed by atoms with van der Waals surface area (Å²) in [5.41, 5.74) is 0. The highest BCUT2D eigenvalue weighted by molar-refractivity contribution is 9.10. The van der Waals surface area contributed by atoms with Gasteiger partial charge < -0.3 is 10.1 Å². The van der Waals surface area contributed by atoms with E-state index in [1.807, 2.05) is 6.92 Å². The van der Waals surface area contributed by atoms with Gasteiger partial charge in [-0.15, -0.1) is 0 Å². The third-order valence-electron chi connectivity index (χ3n) is 2.55. The number of hydrogen-bond donors (Lipinski definition) is 1. The molecule has 0 saturated heterocycles. The van der Waals surface area contributed by atoms with Gasteiger partial charge in [-0.2, -0.15) is 0 Å². The molecule has 0 bridgehead atoms. The second-order valence-electron chi connectivity index (χ2n) is 4.22. The van der Waals surface area contributed by atoms with Gasteiger partial charge in [0.15, 0.2) is 9.84 Å². The monoisotopic (exact) mass is 371 g/mol. The van der Waals surface area contributed by atoms with Crippen LogP contribution in [0, 0.1) is 0 Å². The molecule has 0 saturated carbocycles. The van der Waals surface area contributed by atoms with Crippen LogP contribution < -0.4 is 10.1 Å². The number of ether oxygens (including phenoxy) is 1. The predicted octanol–water partition coefficient (Wildman–Crippen LogP) is 2.87. The van der Waals surface area contributed by atoms with Gasteiger partial charge in [0.1, 0.15) is 22.4 Å². The quantitative estimate of drug-likeness (QED) is 0.869. The van der Waals surface area contributed by atoms with Crippen LogP contribution in [0.5, 0.6) is 11.6 Å². The van der Waals surface area contributed by atoms with Gasteiger partial charge in [-0.25, -0.2) is 18.4 Å². The number of hydrogen-bond acceptors (Lipinski definition) is 6. The molecule has 0 spiro atoms. The van der Waals surface area contributed by atoms with E-state index in [1.54, 1.807) is 12.1 Å². The number of nitrogens with zero attached hydrogens (tertiary/aromatic N) is 2. The molecule has 8 heteroatoms. The van der Waals surface area contributed by atoms with Crippen LogP contribution in [0.3, 0.4) is 0 Å². The molecule has 1 heterocycles. The van der Waals surface area contributed by atoms with Crippen molar-refractivity contribution in [2.45, 2.75) is 11.8 Å². The Hall–Kier alpha value is -1.67. The molecule has 0 aliphatic carbocycles. The molecule has 21 heavy (non-hydrogen) atoms. The zero-order valence-electron chi connectivity index (χ0n) is 11.5. The summed E-state index contributed by atoms with van der Waals surface area (Å²) in [6.45, 7) is 2.66. The fraction of sp³-hybridized carbons (Fsp3) is 0.231. The summed E-state index contributed by atoms with van der Waals surface area (Å²) in [6.07, 6.45) is 2.52. The first kappa shape index (κ1) is 15.7. The molecule has 1 N–H and O–H groups in total. The lowest BCUT2D eigenvalue weighted by Gasteiger charge is -2.10. The van der Waals surface area contributed by atoms with Gasteiger partial charge in [-0.1, -0.05) is 6.07 Å². The molecule has 2 rings (SSSR count). The average molecular weight is 372 g/mol. The van der Waals surface area contributed by atoms with E-state index in [0.717, 1.165) is 6.26 Å². The Morgan fingerprint density at radius 2 is 2.10 bits per heavy atom. The van der Waals surface area contributed by atoms with Crippen LogP contribution in [-0.2, 0) is 9.84 Å². The molecule has 0 aliphatic heterocycles. The maximum atomic E-state index is 11.5. The van der Waals surface area contributed by atoms with Gasteiger partial charge in [0, 0.05) is 12.8 Å². The Kier molecular flexibility index (Phi) is 4.79. The summed E-state index contributed by atoms with van der Waals surface area (Å²) in [6, 6.07) is 6.25. The van der Waals surface area contributed by atoms with Crippen molar-refractivity contribution in [3.63, 3.8) is 0 Å². The van der Waals surface area contributed by atoms with Gasteiger partial charge >= 0.3 is 0 Å². The summed E-state index contributed by atoms with van der Waals surface area (Å²) in [4.78, 5) is 8.31. The van der Waals surface area contributed by atoms with Gasteiger partial charge in [0.2, 0.25) is 5.88 Å². The first-order valence-electron chi connectivity index (χ1n) is 6.14. The lowest BCUT2D eigenvalue weighted by Crippen LogP contribution is -2.02. The fourth-order valence-electron chi connectivity index (χ4n) is 1.60. The third-order valence-corrected chi connectivity index (χ3v) is 4.37. The van der Waals surface area contributed by atoms with Crippen LogP contribution >= 0.6 is 15.9 Å². The van der Waals surface area contributed by atoms with E-state index in [4.69, 9.17) is 4.74 Å². The first-order chi connectivity index (χ1) is 9.91. The van der Waals surface area contributed by atoms with Crippen LogP contribution in [0.25, 0.3) is 0 Å². The standard InChI is InChI=1S/C13H14BrN3O3S/c1-3-15-12-11(14)13(17-8-16-12)20-9-5-4-6-10(7-9)21(2,18)19/h4-8H,3H2,1-2H3,(H,15,16,17). The predicted molar refractivity (Wildman–Crippen MR) is 83.5 cm³/mol. The molecule has 0 fully saturated rings. The fourth-order valence-corrected chi connectivity index (χ4v) is 2.68. The maximum Gasteiger partial charge on any atom is 0.238 e. The van der Waals surface area contributed by atoms with Gasteiger partial charge in [0.05, 0.1) is 4.90 Å². The highest BCUT2D eigenvalue weighted by Gasteiger charge is 2.12. The molecule has 6 nitrogen and oxygen atoms in total. The van der Waals surface area contributed by atoms with E-state index in [-0.39, 0.29) is 4.90 Å². The van der Waals surface area contributed by atoms with Gasteiger partial charge in [0.25, 0.3) is 0 Å². The Morgan fingerprint density at radius 3 is 2.76 bits per heavy atom. The molecule has 0 unspecified atom stereocenters. The zero-order chi connectivity index (χ0) is 15.5. The van der Waals surface area contributed by atoms with E-state index in [9.17, 15) is 8.42 Å². The van der Waals surface area contributed by atoms with Crippen LogP contribution in [-0.4, -0.2) is 31.2 Å². The number of anilines is 1. The van der Waals surface area contributed by atoms with Crippen LogP contribution in [0.15, 0.2) is 40.0 Å². The molecular formula is C13H14BrN3O3S. The first-order valence-corrected chi connectivity index (χ1v) is 8.82. The lowest BCUT2D eigenvalue weighted by molar-refractivity contribution is 0.457. The van der Waals surface area contributed by atoms with Crippen LogP contribution in [0.1, 0.15) is 6.92 Å². The lowest BCUT2D eigenvalue weighted by atomic mass is 10.3. The van der Waals surface area contributed by atoms with E-state index in [0.29, 0.717) is 28.5 Å². The van der Waals surface area contributed by atoms with Crippen molar-refractivity contribution in [2.24, 2.45) is 0 Å². The molecule has 0 radical (unpaired) electrons. The second kappa shape index (κ2) is 6.40. The highest BCUT2D eigenvalue weighted by Crippen LogP contribution is 2.32. The minimum atomic E-state index is -3.28. The Balaban J connectivity index is 2.33. The number of sulfone groups is 1. The molecule has 2 aromatic rings. The summed E-state index contributed by atoms with van der Waals surface area (Å²) in [5.74, 6) is 1.31. The molecule has 0 atom stereocenters. The van der Waals surface area contributed by atoms with Gasteiger partial charge in [-0.05, 0) is 41.1 Å². The number of halogens is 1. The average Bonchev–Trinajstić information content (AvgIpc) is 2.43. The largest absolute Gasteiger partial charge is 0.438 e. The van der Waals surface area contributed by atoms with Crippen molar-refractivity contribution in [3.8, 4) is 11.6 Å². The molecule has 0 amide bonds. The Morgan fingerprint density at radius 1 is 1.33 bits per heavy atom. The molecule has 1 aromatic heterocycles. The smallest absolute Gasteiger partial charge is 0.238 e. The van der Waals surface area contributed by atoms with Crippen molar-refractivity contribution in [2.75, 3.05) is 18.1 Å². The number of benzene rings is 1. The van der Waals surface area contributed by atoms with E-state index >= 15 is 0 Å². The molecule has 112 valence electrons. The van der Waals surface area contributed by atoms with Crippen molar-refractivity contribution in [1.29, 1.82) is 0 Å². The molecule has 1 aromatic carbocycles. The highest BCUT2D eigenvalue weighted by atomic mass is 79.9. The summed E-state index contributed by atoms with van der Waals surface area (Å²) in [7, 11) is -3.28.